The number of aromatic amines is 1. The number of nitrogens with one attached hydrogen (secondary N) is 2. The van der Waals surface area contributed by atoms with Crippen LogP contribution in [0.15, 0.2) is 47.4 Å². The van der Waals surface area contributed by atoms with E-state index in [1.54, 1.807) is 25.3 Å². The number of benzene rings is 1. The summed E-state index contributed by atoms with van der Waals surface area (Å²) in [7, 11) is 0. The zero-order valence-corrected chi connectivity index (χ0v) is 15.9. The molecule has 7 nitrogen and oxygen atoms in total. The highest BCUT2D eigenvalue weighted by molar-refractivity contribution is 5.92. The summed E-state index contributed by atoms with van der Waals surface area (Å²) < 4.78 is 15.4. The molecule has 148 valence electrons. The topological polar surface area (TPSA) is 92.2 Å². The summed E-state index contributed by atoms with van der Waals surface area (Å²) in [4.78, 5) is 33.7. The van der Waals surface area contributed by atoms with Gasteiger partial charge in [0.15, 0.2) is 5.65 Å². The number of halogens is 1. The van der Waals surface area contributed by atoms with Gasteiger partial charge in [0, 0.05) is 42.5 Å². The molecule has 29 heavy (non-hydrogen) atoms. The van der Waals surface area contributed by atoms with Crippen molar-refractivity contribution in [2.75, 3.05) is 6.54 Å². The largest absolute Gasteiger partial charge is 0.356 e. The highest BCUT2D eigenvalue weighted by atomic mass is 19.1. The normalized spacial score (nSPS) is 11.2. The summed E-state index contributed by atoms with van der Waals surface area (Å²) >= 11 is 0. The van der Waals surface area contributed by atoms with Gasteiger partial charge in [-0.3, -0.25) is 19.7 Å². The molecule has 0 aliphatic carbocycles. The lowest BCUT2D eigenvalue weighted by atomic mass is 10.1. The number of pyridine rings is 1. The Morgan fingerprint density at radius 3 is 2.86 bits per heavy atom. The summed E-state index contributed by atoms with van der Waals surface area (Å²) in [6.07, 6.45) is 2.78. The van der Waals surface area contributed by atoms with Gasteiger partial charge >= 0.3 is 0 Å². The average molecular weight is 393 g/mol. The molecule has 3 heterocycles. The highest BCUT2D eigenvalue weighted by Gasteiger charge is 2.16. The molecule has 2 N–H and O–H groups in total. The first-order valence-electron chi connectivity index (χ1n) is 9.39. The van der Waals surface area contributed by atoms with Gasteiger partial charge in [0.05, 0.1) is 10.9 Å². The standard InChI is InChI=1S/C21H20FN5O2/c1-13-15(8-9-18(28)24-12-10-14-5-2-3-11-23-14)21(29)27-20(25-13)19-16(22)6-4-7-17(19)26-27/h2-7,11,26H,8-10,12H2,1H3,(H,24,28). The molecule has 4 aromatic rings. The molecule has 0 spiro atoms. The molecule has 0 fully saturated rings. The molecular formula is C21H20FN5O2. The van der Waals surface area contributed by atoms with Crippen LogP contribution in [0.25, 0.3) is 16.6 Å². The van der Waals surface area contributed by atoms with Gasteiger partial charge in [-0.25, -0.2) is 13.9 Å². The second-order valence-electron chi connectivity index (χ2n) is 6.84. The third kappa shape index (κ3) is 3.73. The number of amides is 1. The van der Waals surface area contributed by atoms with Crippen LogP contribution in [-0.4, -0.2) is 32.0 Å². The minimum atomic E-state index is -0.437. The van der Waals surface area contributed by atoms with Crippen LogP contribution in [0, 0.1) is 12.7 Å². The minimum Gasteiger partial charge on any atom is -0.356 e. The molecule has 1 amide bonds. The van der Waals surface area contributed by atoms with Crippen molar-refractivity contribution in [3.63, 3.8) is 0 Å². The van der Waals surface area contributed by atoms with E-state index in [1.807, 2.05) is 18.2 Å². The predicted molar refractivity (Wildman–Crippen MR) is 107 cm³/mol. The molecule has 0 atom stereocenters. The summed E-state index contributed by atoms with van der Waals surface area (Å²) in [5.41, 5.74) is 2.28. The number of carbonyl (C=O) groups excluding carboxylic acids is 1. The molecule has 0 bridgehead atoms. The summed E-state index contributed by atoms with van der Waals surface area (Å²) in [5, 5.41) is 6.01. The van der Waals surface area contributed by atoms with Crippen LogP contribution in [0.5, 0.6) is 0 Å². The van der Waals surface area contributed by atoms with Crippen molar-refractivity contribution in [1.29, 1.82) is 0 Å². The van der Waals surface area contributed by atoms with E-state index in [1.165, 1.54) is 10.6 Å². The van der Waals surface area contributed by atoms with Gasteiger partial charge in [0.2, 0.25) is 5.91 Å². The zero-order chi connectivity index (χ0) is 20.4. The second-order valence-corrected chi connectivity index (χ2v) is 6.84. The fourth-order valence-corrected chi connectivity index (χ4v) is 3.39. The van der Waals surface area contributed by atoms with E-state index in [-0.39, 0.29) is 35.3 Å². The number of hydrogen-bond donors (Lipinski definition) is 2. The molecule has 0 saturated heterocycles. The Morgan fingerprint density at radius 1 is 1.21 bits per heavy atom. The van der Waals surface area contributed by atoms with Gasteiger partial charge in [-0.15, -0.1) is 0 Å². The van der Waals surface area contributed by atoms with Gasteiger partial charge in [-0.05, 0) is 37.6 Å². The van der Waals surface area contributed by atoms with Crippen LogP contribution in [0.1, 0.15) is 23.4 Å². The summed E-state index contributed by atoms with van der Waals surface area (Å²) in [6.45, 7) is 2.18. The van der Waals surface area contributed by atoms with E-state index in [0.29, 0.717) is 29.7 Å². The molecule has 4 rings (SSSR count). The molecule has 0 unspecified atom stereocenters. The summed E-state index contributed by atoms with van der Waals surface area (Å²) in [6, 6.07) is 10.2. The van der Waals surface area contributed by atoms with Crippen molar-refractivity contribution in [2.45, 2.75) is 26.2 Å². The van der Waals surface area contributed by atoms with Crippen LogP contribution < -0.4 is 10.9 Å². The molecule has 0 saturated carbocycles. The first-order valence-corrected chi connectivity index (χ1v) is 9.39. The number of aryl methyl sites for hydroxylation is 1. The number of fused-ring (bicyclic) bond motifs is 3. The maximum atomic E-state index is 14.2. The molecule has 8 heteroatoms. The van der Waals surface area contributed by atoms with Crippen LogP contribution in [0.3, 0.4) is 0 Å². The smallest absolute Gasteiger partial charge is 0.276 e. The molecule has 0 aliphatic heterocycles. The van der Waals surface area contributed by atoms with Crippen molar-refractivity contribution in [1.82, 2.24) is 24.9 Å². The molecular weight excluding hydrogens is 373 g/mol. The fourth-order valence-electron chi connectivity index (χ4n) is 3.39. The van der Waals surface area contributed by atoms with Crippen LogP contribution >= 0.6 is 0 Å². The highest BCUT2D eigenvalue weighted by Crippen LogP contribution is 2.21. The fraction of sp³-hybridized carbons (Fsp3) is 0.238. The van der Waals surface area contributed by atoms with Crippen molar-refractivity contribution < 1.29 is 9.18 Å². The molecule has 3 aromatic heterocycles. The van der Waals surface area contributed by atoms with Gasteiger partial charge in [-0.1, -0.05) is 12.1 Å². The number of nitrogens with zero attached hydrogens (tertiary/aromatic N) is 3. The number of hydrogen-bond acceptors (Lipinski definition) is 4. The third-order valence-corrected chi connectivity index (χ3v) is 4.88. The number of carbonyl (C=O) groups is 1. The first kappa shape index (κ1) is 18.8. The molecule has 1 aromatic carbocycles. The Labute approximate surface area is 165 Å². The van der Waals surface area contributed by atoms with Crippen LogP contribution in [0.2, 0.25) is 0 Å². The van der Waals surface area contributed by atoms with E-state index in [4.69, 9.17) is 0 Å². The SMILES string of the molecule is Cc1nc2c3c(F)cccc3[nH]n2c(=O)c1CCC(=O)NCCc1ccccn1. The van der Waals surface area contributed by atoms with Gasteiger partial charge in [-0.2, -0.15) is 0 Å². The lowest BCUT2D eigenvalue weighted by Crippen LogP contribution is -2.28. The predicted octanol–water partition coefficient (Wildman–Crippen LogP) is 2.31. The Bertz CT molecular complexity index is 1250. The Morgan fingerprint density at radius 2 is 2.07 bits per heavy atom. The summed E-state index contributed by atoms with van der Waals surface area (Å²) in [5.74, 6) is -0.583. The number of H-pyrrole nitrogens is 1. The number of aromatic nitrogens is 4. The van der Waals surface area contributed by atoms with Crippen molar-refractivity contribution in [3.8, 4) is 0 Å². The third-order valence-electron chi connectivity index (χ3n) is 4.88. The van der Waals surface area contributed by atoms with E-state index in [2.05, 4.69) is 20.4 Å². The first-order chi connectivity index (χ1) is 14.0. The van der Waals surface area contributed by atoms with E-state index < -0.39 is 5.82 Å². The van der Waals surface area contributed by atoms with Crippen LogP contribution in [0.4, 0.5) is 4.39 Å². The molecule has 0 radical (unpaired) electrons. The Hall–Kier alpha value is -3.55. The van der Waals surface area contributed by atoms with Crippen molar-refractivity contribution in [2.24, 2.45) is 0 Å². The average Bonchev–Trinajstić information content (AvgIpc) is 3.08. The Kier molecular flexibility index (Phi) is 5.07. The van der Waals surface area contributed by atoms with Crippen molar-refractivity contribution in [3.05, 3.63) is 75.7 Å². The van der Waals surface area contributed by atoms with E-state index >= 15 is 0 Å². The van der Waals surface area contributed by atoms with Gasteiger partial charge < -0.3 is 5.32 Å². The van der Waals surface area contributed by atoms with Gasteiger partial charge in [0.1, 0.15) is 5.82 Å². The molecule has 0 aliphatic rings. The lowest BCUT2D eigenvalue weighted by Gasteiger charge is -2.07. The number of rotatable bonds is 6. The zero-order valence-electron chi connectivity index (χ0n) is 15.9. The maximum Gasteiger partial charge on any atom is 0.276 e. The van der Waals surface area contributed by atoms with E-state index in [0.717, 1.165) is 5.69 Å². The quantitative estimate of drug-likeness (QED) is 0.526. The monoisotopic (exact) mass is 393 g/mol. The van der Waals surface area contributed by atoms with Crippen LogP contribution in [-0.2, 0) is 17.6 Å². The maximum absolute atomic E-state index is 14.2. The Balaban J connectivity index is 1.48. The minimum absolute atomic E-state index is 0.146. The second kappa shape index (κ2) is 7.83. The lowest BCUT2D eigenvalue weighted by molar-refractivity contribution is -0.121. The van der Waals surface area contributed by atoms with Gasteiger partial charge in [0.25, 0.3) is 5.56 Å². The van der Waals surface area contributed by atoms with Crippen molar-refractivity contribution >= 4 is 22.5 Å². The van der Waals surface area contributed by atoms with E-state index in [9.17, 15) is 14.0 Å².